The topological polar surface area (TPSA) is 96.4 Å². The van der Waals surface area contributed by atoms with Crippen LogP contribution in [0.4, 0.5) is 0 Å². The molecule has 9 heteroatoms. The van der Waals surface area contributed by atoms with E-state index in [0.717, 1.165) is 19.3 Å². The average molecular weight is 556 g/mol. The Hall–Kier alpha value is -1.71. The minimum Gasteiger partial charge on any atom is -0.461 e. The van der Waals surface area contributed by atoms with E-state index in [0.29, 0.717) is 19.5 Å². The van der Waals surface area contributed by atoms with E-state index < -0.39 is 41.6 Å². The van der Waals surface area contributed by atoms with Crippen molar-refractivity contribution in [1.29, 1.82) is 0 Å². The van der Waals surface area contributed by atoms with Crippen molar-refractivity contribution in [3.05, 3.63) is 25.3 Å². The summed E-state index contributed by atoms with van der Waals surface area (Å²) in [7, 11) is 0. The molecule has 3 heterocycles. The number of aliphatic hydroxyl groups excluding tert-OH is 1. The third kappa shape index (κ3) is 4.83. The summed E-state index contributed by atoms with van der Waals surface area (Å²) in [6.07, 6.45) is 5.83. The van der Waals surface area contributed by atoms with Crippen molar-refractivity contribution in [2.24, 2.45) is 17.8 Å². The Labute approximate surface area is 216 Å². The van der Waals surface area contributed by atoms with E-state index in [1.807, 2.05) is 13.8 Å². The second kappa shape index (κ2) is 11.6. The lowest BCUT2D eigenvalue weighted by Gasteiger charge is -2.40. The van der Waals surface area contributed by atoms with Gasteiger partial charge in [0.1, 0.15) is 18.2 Å². The van der Waals surface area contributed by atoms with Crippen LogP contribution < -0.4 is 0 Å². The van der Waals surface area contributed by atoms with Gasteiger partial charge in [-0.1, -0.05) is 68.3 Å². The Kier molecular flexibility index (Phi) is 9.21. The van der Waals surface area contributed by atoms with E-state index in [4.69, 9.17) is 9.47 Å². The van der Waals surface area contributed by atoms with E-state index in [1.165, 1.54) is 11.0 Å². The lowest BCUT2D eigenvalue weighted by atomic mass is 9.70. The number of hydrogen-bond donors (Lipinski definition) is 1. The maximum Gasteiger partial charge on any atom is 0.312 e. The number of carbonyl (C=O) groups is 3. The lowest BCUT2D eigenvalue weighted by Crippen LogP contribution is -2.60. The third-order valence-electron chi connectivity index (χ3n) is 7.58. The molecule has 3 fully saturated rings. The summed E-state index contributed by atoms with van der Waals surface area (Å²) in [5.41, 5.74) is -1.17. The molecule has 35 heavy (non-hydrogen) atoms. The molecular formula is C26H39BrN2O6. The van der Waals surface area contributed by atoms with Gasteiger partial charge in [0.25, 0.3) is 0 Å². The van der Waals surface area contributed by atoms with Crippen LogP contribution in [0.2, 0.25) is 0 Å². The molecule has 3 rings (SSSR count). The Morgan fingerprint density at radius 1 is 1.34 bits per heavy atom. The van der Waals surface area contributed by atoms with Crippen molar-refractivity contribution < 1.29 is 29.0 Å². The normalized spacial score (nSPS) is 32.0. The van der Waals surface area contributed by atoms with Gasteiger partial charge in [0.2, 0.25) is 11.8 Å². The number of amides is 2. The molecule has 3 unspecified atom stereocenters. The summed E-state index contributed by atoms with van der Waals surface area (Å²) >= 11 is 3.65. The molecule has 2 bridgehead atoms. The van der Waals surface area contributed by atoms with Gasteiger partial charge in [0, 0.05) is 17.9 Å². The Morgan fingerprint density at radius 3 is 2.63 bits per heavy atom. The molecule has 0 radical (unpaired) electrons. The van der Waals surface area contributed by atoms with E-state index >= 15 is 0 Å². The maximum atomic E-state index is 14.2. The predicted molar refractivity (Wildman–Crippen MR) is 136 cm³/mol. The highest BCUT2D eigenvalue weighted by atomic mass is 79.9. The zero-order chi connectivity index (χ0) is 25.9. The highest BCUT2D eigenvalue weighted by Gasteiger charge is 2.77. The van der Waals surface area contributed by atoms with Gasteiger partial charge in [-0.25, -0.2) is 0 Å². The van der Waals surface area contributed by atoms with Gasteiger partial charge in [-0.3, -0.25) is 14.4 Å². The molecule has 0 aromatic carbocycles. The molecule has 0 saturated carbocycles. The number of alkyl halides is 1. The molecule has 1 spiro atoms. The lowest BCUT2D eigenvalue weighted by molar-refractivity contribution is -0.156. The molecule has 1 N–H and O–H groups in total. The molecule has 2 amide bonds. The first-order chi connectivity index (χ1) is 16.7. The molecule has 0 aromatic heterocycles. The molecule has 3 aliphatic rings. The van der Waals surface area contributed by atoms with Crippen LogP contribution in [0.15, 0.2) is 25.3 Å². The number of unbranched alkanes of at least 4 members (excludes halogenated alkanes) is 2. The van der Waals surface area contributed by atoms with Crippen LogP contribution in [0.3, 0.4) is 0 Å². The van der Waals surface area contributed by atoms with Crippen molar-refractivity contribution in [2.75, 3.05) is 26.3 Å². The molecule has 196 valence electrons. The standard InChI is InChI=1S/C26H39BrN2O6/c1-6-9-10-12-28(11-7-2)24(32)22-26-14-17(27)21(35-26)19(25(33)34-13-8-3)20(26)23(31)29(22)18(15-30)16(4)5/h7-8,16-22,30H,2-3,6,9-15H2,1,4-5H3/t17?,18-,19+,20-,21+,22?,26?/m0/s1. The number of esters is 1. The Balaban J connectivity index is 2.07. The highest BCUT2D eigenvalue weighted by molar-refractivity contribution is 9.09. The van der Waals surface area contributed by atoms with Crippen molar-refractivity contribution in [3.8, 4) is 0 Å². The first kappa shape index (κ1) is 27.9. The summed E-state index contributed by atoms with van der Waals surface area (Å²) in [5.74, 6) is -2.86. The number of ether oxygens (including phenoxy) is 2. The second-order valence-corrected chi connectivity index (χ2v) is 11.3. The zero-order valence-electron chi connectivity index (χ0n) is 21.0. The summed E-state index contributed by atoms with van der Waals surface area (Å²) < 4.78 is 11.8. The van der Waals surface area contributed by atoms with Crippen molar-refractivity contribution in [3.63, 3.8) is 0 Å². The third-order valence-corrected chi connectivity index (χ3v) is 8.43. The molecule has 3 saturated heterocycles. The maximum absolute atomic E-state index is 14.2. The van der Waals surface area contributed by atoms with Gasteiger partial charge in [-0.2, -0.15) is 0 Å². The van der Waals surface area contributed by atoms with Gasteiger partial charge in [-0.05, 0) is 18.8 Å². The Bertz CT molecular complexity index is 835. The Morgan fingerprint density at radius 2 is 2.06 bits per heavy atom. The van der Waals surface area contributed by atoms with Crippen molar-refractivity contribution in [1.82, 2.24) is 9.80 Å². The van der Waals surface area contributed by atoms with E-state index in [2.05, 4.69) is 36.0 Å². The molecule has 0 aliphatic carbocycles. The molecule has 7 atom stereocenters. The summed E-state index contributed by atoms with van der Waals surface area (Å²) in [6, 6.07) is -1.53. The summed E-state index contributed by atoms with van der Waals surface area (Å²) in [5, 5.41) is 10.3. The van der Waals surface area contributed by atoms with Gasteiger partial charge in [0.15, 0.2) is 0 Å². The van der Waals surface area contributed by atoms with Crippen LogP contribution in [0.25, 0.3) is 0 Å². The van der Waals surface area contributed by atoms with Crippen molar-refractivity contribution in [2.45, 2.75) is 75.1 Å². The summed E-state index contributed by atoms with van der Waals surface area (Å²) in [6.45, 7) is 13.9. The minimum absolute atomic E-state index is 0.0325. The van der Waals surface area contributed by atoms with E-state index in [9.17, 15) is 19.5 Å². The zero-order valence-corrected chi connectivity index (χ0v) is 22.6. The molecule has 0 aromatic rings. The monoisotopic (exact) mass is 554 g/mol. The minimum atomic E-state index is -1.17. The average Bonchev–Trinajstić information content (AvgIpc) is 3.41. The fourth-order valence-corrected chi connectivity index (χ4v) is 6.95. The number of nitrogens with zero attached hydrogens (tertiary/aromatic N) is 2. The molecule has 3 aliphatic heterocycles. The van der Waals surface area contributed by atoms with Crippen LogP contribution in [0.1, 0.15) is 46.5 Å². The van der Waals surface area contributed by atoms with Gasteiger partial charge in [0.05, 0.1) is 30.6 Å². The highest BCUT2D eigenvalue weighted by Crippen LogP contribution is 2.60. The van der Waals surface area contributed by atoms with Crippen LogP contribution in [0, 0.1) is 17.8 Å². The number of halogens is 1. The predicted octanol–water partition coefficient (Wildman–Crippen LogP) is 2.69. The largest absolute Gasteiger partial charge is 0.461 e. The van der Waals surface area contributed by atoms with Crippen LogP contribution in [0.5, 0.6) is 0 Å². The smallest absolute Gasteiger partial charge is 0.312 e. The first-order valence-corrected chi connectivity index (χ1v) is 13.5. The first-order valence-electron chi connectivity index (χ1n) is 12.6. The number of rotatable bonds is 13. The number of aliphatic hydroxyl groups is 1. The van der Waals surface area contributed by atoms with Crippen LogP contribution >= 0.6 is 15.9 Å². The number of likely N-dealkylation sites (tertiary alicyclic amines) is 1. The van der Waals surface area contributed by atoms with Crippen LogP contribution in [-0.4, -0.2) is 87.6 Å². The fraction of sp³-hybridized carbons (Fsp3) is 0.731. The van der Waals surface area contributed by atoms with Gasteiger partial charge < -0.3 is 24.4 Å². The number of carbonyl (C=O) groups excluding carboxylic acids is 3. The second-order valence-electron chi connectivity index (χ2n) is 10.1. The quantitative estimate of drug-likeness (QED) is 0.163. The SMILES string of the molecule is C=CCOC(=O)[C@H]1[C@@H]2OC3(CC2Br)C(C(=O)N(CC=C)CCCCC)N([C@@H](CO)C(C)C)C(=O)[C@H]13. The number of hydrogen-bond acceptors (Lipinski definition) is 6. The van der Waals surface area contributed by atoms with E-state index in [1.54, 1.807) is 11.0 Å². The summed E-state index contributed by atoms with van der Waals surface area (Å²) in [4.78, 5) is 44.3. The van der Waals surface area contributed by atoms with E-state index in [-0.39, 0.29) is 35.8 Å². The van der Waals surface area contributed by atoms with Gasteiger partial charge >= 0.3 is 5.97 Å². The fourth-order valence-electron chi connectivity index (χ4n) is 6.00. The molecule has 8 nitrogen and oxygen atoms in total. The number of fused-ring (bicyclic) bond motifs is 1. The van der Waals surface area contributed by atoms with Gasteiger partial charge in [-0.15, -0.1) is 6.58 Å². The molecular weight excluding hydrogens is 516 g/mol. The van der Waals surface area contributed by atoms with Crippen molar-refractivity contribution >= 4 is 33.7 Å². The van der Waals surface area contributed by atoms with Crippen LogP contribution in [-0.2, 0) is 23.9 Å².